The number of hydrogen-bond donors (Lipinski definition) is 1. The molecule has 1 aliphatic heterocycles. The normalized spacial score (nSPS) is 21.7. The van der Waals surface area contributed by atoms with Crippen LogP contribution < -0.4 is 10.2 Å². The van der Waals surface area contributed by atoms with Gasteiger partial charge in [-0.15, -0.1) is 10.2 Å². The number of hydrogen-bond acceptors (Lipinski definition) is 4. The Hall–Kier alpha value is -0.870. The summed E-state index contributed by atoms with van der Waals surface area (Å²) in [7, 11) is 2.00. The van der Waals surface area contributed by atoms with E-state index in [1.165, 1.54) is 12.8 Å². The van der Waals surface area contributed by atoms with Gasteiger partial charge in [0.25, 0.3) is 0 Å². The average molecular weight is 227 g/mol. The highest BCUT2D eigenvalue weighted by atomic mass is 35.5. The lowest BCUT2D eigenvalue weighted by Crippen LogP contribution is -2.44. The number of piperidine rings is 1. The number of nitrogens with one attached hydrogen (secondary N) is 1. The summed E-state index contributed by atoms with van der Waals surface area (Å²) in [6.07, 6.45) is 2.42. The lowest BCUT2D eigenvalue weighted by atomic mass is 10.1. The molecule has 0 aliphatic carbocycles. The molecule has 5 heteroatoms. The topological polar surface area (TPSA) is 41.0 Å². The molecule has 0 spiro atoms. The van der Waals surface area contributed by atoms with E-state index in [-0.39, 0.29) is 0 Å². The molecule has 0 amide bonds. The fraction of sp³-hybridized carbons (Fsp3) is 0.600. The van der Waals surface area contributed by atoms with E-state index in [0.29, 0.717) is 11.2 Å². The van der Waals surface area contributed by atoms with Crippen molar-refractivity contribution in [2.45, 2.75) is 18.9 Å². The van der Waals surface area contributed by atoms with Crippen LogP contribution in [0.25, 0.3) is 0 Å². The monoisotopic (exact) mass is 226 g/mol. The van der Waals surface area contributed by atoms with Gasteiger partial charge in [-0.3, -0.25) is 0 Å². The maximum Gasteiger partial charge on any atom is 0.151 e. The Balaban J connectivity index is 2.06. The highest BCUT2D eigenvalue weighted by Crippen LogP contribution is 2.17. The second-order valence-corrected chi connectivity index (χ2v) is 4.18. The number of nitrogens with zero attached hydrogens (tertiary/aromatic N) is 3. The van der Waals surface area contributed by atoms with Gasteiger partial charge in [0.15, 0.2) is 11.0 Å². The van der Waals surface area contributed by atoms with Crippen molar-refractivity contribution in [1.29, 1.82) is 0 Å². The van der Waals surface area contributed by atoms with Crippen LogP contribution in [0.5, 0.6) is 0 Å². The summed E-state index contributed by atoms with van der Waals surface area (Å²) in [6.45, 7) is 2.04. The van der Waals surface area contributed by atoms with Crippen LogP contribution in [0.4, 0.5) is 5.82 Å². The zero-order valence-corrected chi connectivity index (χ0v) is 9.54. The Morgan fingerprint density at radius 1 is 1.47 bits per heavy atom. The van der Waals surface area contributed by atoms with Gasteiger partial charge in [0.2, 0.25) is 0 Å². The molecule has 0 saturated carbocycles. The molecular weight excluding hydrogens is 212 g/mol. The van der Waals surface area contributed by atoms with E-state index in [1.54, 1.807) is 6.07 Å². The van der Waals surface area contributed by atoms with Crippen LogP contribution >= 0.6 is 11.6 Å². The van der Waals surface area contributed by atoms with Crippen LogP contribution in [-0.2, 0) is 0 Å². The quantitative estimate of drug-likeness (QED) is 0.826. The molecule has 1 aromatic heterocycles. The Morgan fingerprint density at radius 3 is 3.00 bits per heavy atom. The molecule has 1 atom stereocenters. The van der Waals surface area contributed by atoms with E-state index < -0.39 is 0 Å². The Morgan fingerprint density at radius 2 is 2.33 bits per heavy atom. The molecule has 0 radical (unpaired) electrons. The van der Waals surface area contributed by atoms with E-state index in [2.05, 4.69) is 20.4 Å². The van der Waals surface area contributed by atoms with Gasteiger partial charge < -0.3 is 10.2 Å². The number of likely N-dealkylation sites (N-methyl/N-ethyl adjacent to an activating group) is 1. The van der Waals surface area contributed by atoms with Gasteiger partial charge in [0, 0.05) is 19.1 Å². The average Bonchev–Trinajstić information content (AvgIpc) is 2.30. The molecule has 0 bridgehead atoms. The smallest absolute Gasteiger partial charge is 0.151 e. The standard InChI is InChI=1S/C10H15ClN4/c1-12-8-3-2-6-15(7-8)10-5-4-9(11)13-14-10/h4-5,8,12H,2-3,6-7H2,1H3/t8-/m0/s1. The van der Waals surface area contributed by atoms with Crippen molar-refractivity contribution in [1.82, 2.24) is 15.5 Å². The van der Waals surface area contributed by atoms with Crippen LogP contribution in [0.15, 0.2) is 12.1 Å². The molecule has 2 heterocycles. The molecule has 0 aromatic carbocycles. The highest BCUT2D eigenvalue weighted by Gasteiger charge is 2.19. The second-order valence-electron chi connectivity index (χ2n) is 3.79. The predicted octanol–water partition coefficient (Wildman–Crippen LogP) is 1.32. The second kappa shape index (κ2) is 4.77. The predicted molar refractivity (Wildman–Crippen MR) is 61.3 cm³/mol. The summed E-state index contributed by atoms with van der Waals surface area (Å²) in [5.74, 6) is 0.916. The van der Waals surface area contributed by atoms with Gasteiger partial charge in [-0.25, -0.2) is 0 Å². The summed E-state index contributed by atoms with van der Waals surface area (Å²) in [6, 6.07) is 4.26. The first kappa shape index (κ1) is 10.6. The van der Waals surface area contributed by atoms with Crippen molar-refractivity contribution >= 4 is 17.4 Å². The Labute approximate surface area is 94.6 Å². The molecule has 0 unspecified atom stereocenters. The lowest BCUT2D eigenvalue weighted by molar-refractivity contribution is 0.447. The van der Waals surface area contributed by atoms with Gasteiger partial charge in [0.05, 0.1) is 0 Å². The van der Waals surface area contributed by atoms with Gasteiger partial charge in [-0.2, -0.15) is 0 Å². The first-order chi connectivity index (χ1) is 7.29. The van der Waals surface area contributed by atoms with Gasteiger partial charge in [0.1, 0.15) is 0 Å². The summed E-state index contributed by atoms with van der Waals surface area (Å²) in [5, 5.41) is 11.7. The van der Waals surface area contributed by atoms with Crippen LogP contribution in [0, 0.1) is 0 Å². The zero-order chi connectivity index (χ0) is 10.7. The summed E-state index contributed by atoms with van der Waals surface area (Å²) < 4.78 is 0. The minimum atomic E-state index is 0.445. The molecule has 82 valence electrons. The first-order valence-corrected chi connectivity index (χ1v) is 5.59. The van der Waals surface area contributed by atoms with Crippen LogP contribution in [0.3, 0.4) is 0 Å². The summed E-state index contributed by atoms with van der Waals surface area (Å²) in [4.78, 5) is 2.24. The third kappa shape index (κ3) is 2.58. The molecule has 1 aliphatic rings. The lowest BCUT2D eigenvalue weighted by Gasteiger charge is -2.32. The van der Waals surface area contributed by atoms with E-state index in [0.717, 1.165) is 18.9 Å². The van der Waals surface area contributed by atoms with Crippen LogP contribution in [-0.4, -0.2) is 36.4 Å². The molecule has 4 nitrogen and oxygen atoms in total. The molecule has 2 rings (SSSR count). The first-order valence-electron chi connectivity index (χ1n) is 5.21. The zero-order valence-electron chi connectivity index (χ0n) is 8.78. The van der Waals surface area contributed by atoms with Crippen molar-refractivity contribution in [3.05, 3.63) is 17.3 Å². The van der Waals surface area contributed by atoms with Gasteiger partial charge in [-0.05, 0) is 32.0 Å². The van der Waals surface area contributed by atoms with E-state index in [9.17, 15) is 0 Å². The molecule has 1 N–H and O–H groups in total. The largest absolute Gasteiger partial charge is 0.354 e. The maximum atomic E-state index is 5.70. The molecule has 1 saturated heterocycles. The summed E-state index contributed by atoms with van der Waals surface area (Å²) in [5.41, 5.74) is 0. The fourth-order valence-corrected chi connectivity index (χ4v) is 2.00. The third-order valence-corrected chi connectivity index (χ3v) is 2.97. The SMILES string of the molecule is CN[C@H]1CCCN(c2ccc(Cl)nn2)C1. The van der Waals surface area contributed by atoms with Crippen molar-refractivity contribution < 1.29 is 0 Å². The third-order valence-electron chi connectivity index (χ3n) is 2.77. The number of aromatic nitrogens is 2. The maximum absolute atomic E-state index is 5.70. The van der Waals surface area contributed by atoms with Gasteiger partial charge in [-0.1, -0.05) is 11.6 Å². The van der Waals surface area contributed by atoms with Crippen LogP contribution in [0.1, 0.15) is 12.8 Å². The molecule has 15 heavy (non-hydrogen) atoms. The highest BCUT2D eigenvalue weighted by molar-refractivity contribution is 6.29. The Bertz CT molecular complexity index is 314. The molecule has 1 fully saturated rings. The van der Waals surface area contributed by atoms with Gasteiger partial charge >= 0.3 is 0 Å². The van der Waals surface area contributed by atoms with E-state index in [1.807, 2.05) is 13.1 Å². The van der Waals surface area contributed by atoms with E-state index in [4.69, 9.17) is 11.6 Å². The van der Waals surface area contributed by atoms with E-state index >= 15 is 0 Å². The van der Waals surface area contributed by atoms with Crippen molar-refractivity contribution in [3.63, 3.8) is 0 Å². The Kier molecular flexibility index (Phi) is 3.38. The minimum absolute atomic E-state index is 0.445. The molecule has 1 aromatic rings. The fourth-order valence-electron chi connectivity index (χ4n) is 1.90. The van der Waals surface area contributed by atoms with Crippen molar-refractivity contribution in [3.8, 4) is 0 Å². The minimum Gasteiger partial charge on any atom is -0.354 e. The number of rotatable bonds is 2. The molecular formula is C10H15ClN4. The number of halogens is 1. The number of anilines is 1. The summed E-state index contributed by atoms with van der Waals surface area (Å²) >= 11 is 5.70. The van der Waals surface area contributed by atoms with Crippen LogP contribution in [0.2, 0.25) is 5.15 Å². The van der Waals surface area contributed by atoms with Crippen molar-refractivity contribution in [2.75, 3.05) is 25.0 Å². The van der Waals surface area contributed by atoms with Crippen molar-refractivity contribution in [2.24, 2.45) is 0 Å².